The van der Waals surface area contributed by atoms with Crippen molar-refractivity contribution in [2.24, 2.45) is 10.9 Å². The zero-order chi connectivity index (χ0) is 18.2. The molecular formula is C17H22N3O4S+. The lowest BCUT2D eigenvalue weighted by atomic mass is 10.0. The average Bonchev–Trinajstić information content (AvgIpc) is 3.20. The highest BCUT2D eigenvalue weighted by molar-refractivity contribution is 8.13. The van der Waals surface area contributed by atoms with Gasteiger partial charge in [0.25, 0.3) is 4.92 Å². The van der Waals surface area contributed by atoms with E-state index in [1.807, 2.05) is 26.8 Å². The van der Waals surface area contributed by atoms with Crippen molar-refractivity contribution in [2.75, 3.05) is 5.75 Å². The first-order valence-electron chi connectivity index (χ1n) is 8.19. The Morgan fingerprint density at radius 2 is 2.24 bits per heavy atom. The zero-order valence-corrected chi connectivity index (χ0v) is 15.3. The van der Waals surface area contributed by atoms with Crippen LogP contribution < -0.4 is 5.32 Å². The number of thioether (sulfide) groups is 1. The Labute approximate surface area is 150 Å². The van der Waals surface area contributed by atoms with E-state index < -0.39 is 17.2 Å². The molecule has 2 atom stereocenters. The summed E-state index contributed by atoms with van der Waals surface area (Å²) in [6.45, 7) is 5.42. The molecule has 2 aliphatic rings. The second-order valence-electron chi connectivity index (χ2n) is 7.33. The third kappa shape index (κ3) is 3.95. The van der Waals surface area contributed by atoms with Crippen LogP contribution in [0.2, 0.25) is 0 Å². The van der Waals surface area contributed by atoms with Crippen LogP contribution in [0.15, 0.2) is 29.3 Å². The van der Waals surface area contributed by atoms with Crippen LogP contribution >= 0.6 is 11.8 Å². The van der Waals surface area contributed by atoms with E-state index in [1.165, 1.54) is 11.8 Å². The number of carbonyl (C=O) groups is 1. The monoisotopic (exact) mass is 364 g/mol. The first-order chi connectivity index (χ1) is 11.7. The van der Waals surface area contributed by atoms with Crippen LogP contribution in [0.25, 0.3) is 0 Å². The van der Waals surface area contributed by atoms with Crippen molar-refractivity contribution >= 4 is 28.7 Å². The molecule has 1 aromatic rings. The summed E-state index contributed by atoms with van der Waals surface area (Å²) in [5.41, 5.74) is 0.0226. The first kappa shape index (κ1) is 17.7. The minimum Gasteiger partial charge on any atom is -0.444 e. The van der Waals surface area contributed by atoms with Crippen LogP contribution in [0.1, 0.15) is 39.2 Å². The molecule has 25 heavy (non-hydrogen) atoms. The number of benzene rings is 1. The summed E-state index contributed by atoms with van der Waals surface area (Å²) in [6.07, 6.45) is 1.31. The molecule has 0 bridgehead atoms. The lowest BCUT2D eigenvalue weighted by molar-refractivity contribution is -0.729. The molecule has 0 aromatic heterocycles. The number of fused-ring (bicyclic) bond motifs is 1. The van der Waals surface area contributed by atoms with Crippen molar-refractivity contribution in [3.05, 3.63) is 34.7 Å². The Bertz CT molecular complexity index is 744. The van der Waals surface area contributed by atoms with Crippen LogP contribution in [0.4, 0.5) is 10.5 Å². The Balaban J connectivity index is 1.85. The lowest BCUT2D eigenvalue weighted by Gasteiger charge is -2.20. The van der Waals surface area contributed by atoms with Crippen molar-refractivity contribution < 1.29 is 19.7 Å². The Morgan fingerprint density at radius 1 is 1.48 bits per heavy atom. The van der Waals surface area contributed by atoms with Gasteiger partial charge in [-0.2, -0.15) is 0 Å². The van der Waals surface area contributed by atoms with Gasteiger partial charge in [-0.3, -0.25) is 10.3 Å². The smallest absolute Gasteiger partial charge is 0.413 e. The summed E-state index contributed by atoms with van der Waals surface area (Å²) < 4.78 is 5.29. The van der Waals surface area contributed by atoms with Crippen LogP contribution in [0, 0.1) is 10.8 Å². The second-order valence-corrected chi connectivity index (χ2v) is 8.41. The largest absolute Gasteiger partial charge is 0.444 e. The molecule has 3 rings (SSSR count). The molecule has 0 radical (unpaired) electrons. The summed E-state index contributed by atoms with van der Waals surface area (Å²) in [5.74, 6) is 1.22. The molecule has 2 N–H and O–H groups in total. The van der Waals surface area contributed by atoms with Gasteiger partial charge in [-0.25, -0.2) is 10.0 Å². The van der Waals surface area contributed by atoms with Gasteiger partial charge in [0.15, 0.2) is 5.17 Å². The van der Waals surface area contributed by atoms with Gasteiger partial charge in [0, 0.05) is 17.9 Å². The predicted molar refractivity (Wildman–Crippen MR) is 95.2 cm³/mol. The Hall–Kier alpha value is -2.09. The Kier molecular flexibility index (Phi) is 4.49. The van der Waals surface area contributed by atoms with Crippen molar-refractivity contribution in [3.8, 4) is 0 Å². The predicted octanol–water partition coefficient (Wildman–Crippen LogP) is 3.72. The minimum atomic E-state index is -0.577. The van der Waals surface area contributed by atoms with Gasteiger partial charge < -0.3 is 4.74 Å². The van der Waals surface area contributed by atoms with Crippen LogP contribution in [-0.4, -0.2) is 32.7 Å². The first-order valence-corrected chi connectivity index (χ1v) is 9.17. The van der Waals surface area contributed by atoms with E-state index >= 15 is 0 Å². The minimum absolute atomic E-state index is 0.146. The van der Waals surface area contributed by atoms with E-state index in [0.29, 0.717) is 11.1 Å². The van der Waals surface area contributed by atoms with Crippen molar-refractivity contribution in [2.45, 2.75) is 44.8 Å². The number of hydrogen-bond donors (Lipinski definition) is 2. The van der Waals surface area contributed by atoms with Crippen molar-refractivity contribution in [3.63, 3.8) is 0 Å². The van der Waals surface area contributed by atoms with Gasteiger partial charge in [-0.1, -0.05) is 23.9 Å². The van der Waals surface area contributed by atoms with E-state index in [4.69, 9.17) is 14.9 Å². The molecule has 1 saturated carbocycles. The maximum Gasteiger partial charge on any atom is 0.413 e. The van der Waals surface area contributed by atoms with Gasteiger partial charge in [0.2, 0.25) is 0 Å². The quantitative estimate of drug-likeness (QED) is 0.781. The second kappa shape index (κ2) is 6.33. The van der Waals surface area contributed by atoms with Crippen molar-refractivity contribution in [1.29, 1.82) is 0 Å². The number of carbonyl (C=O) groups excluding carboxylic acids is 1. The number of alkyl carbamates (subject to hydrolysis) is 1. The van der Waals surface area contributed by atoms with Gasteiger partial charge in [-0.05, 0) is 45.1 Å². The maximum atomic E-state index is 12.0. The normalized spacial score (nSPS) is 25.2. The fraction of sp³-hybridized carbons (Fsp3) is 0.529. The summed E-state index contributed by atoms with van der Waals surface area (Å²) in [5, 5.41) is 12.4. The van der Waals surface area contributed by atoms with Gasteiger partial charge >= 0.3 is 11.8 Å². The number of amidine groups is 1. The van der Waals surface area contributed by atoms with Gasteiger partial charge in [0.05, 0.1) is 10.4 Å². The van der Waals surface area contributed by atoms with Crippen LogP contribution in [-0.2, 0) is 10.3 Å². The fourth-order valence-corrected chi connectivity index (χ4v) is 4.05. The third-order valence-electron chi connectivity index (χ3n) is 4.25. The van der Waals surface area contributed by atoms with E-state index in [-0.39, 0.29) is 10.6 Å². The van der Waals surface area contributed by atoms with Crippen molar-refractivity contribution in [1.82, 2.24) is 5.32 Å². The SMILES string of the molecule is CC(C)(C)OC(=O)NC1=N[C@]2(c3cccc([N+](=O)O)c3)C[C@@H]2CCS1. The number of ether oxygens (including phenoxy) is 1. The molecule has 1 amide bonds. The van der Waals surface area contributed by atoms with Gasteiger partial charge in [0.1, 0.15) is 5.60 Å². The summed E-state index contributed by atoms with van der Waals surface area (Å²) in [7, 11) is 0. The van der Waals surface area contributed by atoms with E-state index in [0.717, 1.165) is 24.2 Å². The molecule has 134 valence electrons. The number of rotatable bonds is 2. The highest BCUT2D eigenvalue weighted by atomic mass is 32.2. The summed E-state index contributed by atoms with van der Waals surface area (Å²) in [6, 6.07) is 6.82. The molecular weight excluding hydrogens is 342 g/mol. The number of amides is 1. The number of aliphatic imine (C=N–C) groups is 1. The zero-order valence-electron chi connectivity index (χ0n) is 14.5. The molecule has 1 aliphatic heterocycles. The average molecular weight is 364 g/mol. The van der Waals surface area contributed by atoms with E-state index in [2.05, 4.69) is 5.32 Å². The van der Waals surface area contributed by atoms with Crippen LogP contribution in [0.5, 0.6) is 0 Å². The van der Waals surface area contributed by atoms with Gasteiger partial charge in [-0.15, -0.1) is 0 Å². The molecule has 1 aliphatic carbocycles. The molecule has 7 nitrogen and oxygen atoms in total. The topological polar surface area (TPSA) is 91.0 Å². The van der Waals surface area contributed by atoms with E-state index in [9.17, 15) is 9.70 Å². The molecule has 0 unspecified atom stereocenters. The summed E-state index contributed by atoms with van der Waals surface area (Å²) >= 11 is 1.49. The highest BCUT2D eigenvalue weighted by Gasteiger charge is 2.56. The Morgan fingerprint density at radius 3 is 2.92 bits per heavy atom. The summed E-state index contributed by atoms with van der Waals surface area (Å²) in [4.78, 5) is 27.8. The third-order valence-corrected chi connectivity index (χ3v) is 5.16. The highest BCUT2D eigenvalue weighted by Crippen LogP contribution is 2.59. The fourth-order valence-electron chi connectivity index (χ4n) is 3.07. The number of nitrogens with zero attached hydrogens (tertiary/aromatic N) is 2. The molecule has 1 aromatic carbocycles. The molecule has 1 heterocycles. The molecule has 8 heteroatoms. The lowest BCUT2D eigenvalue weighted by Crippen LogP contribution is -2.35. The maximum absolute atomic E-state index is 12.0. The standard InChI is InChI=1S/C17H21N3O4S/c1-16(2,3)24-15(21)18-14-19-17(10-12(17)7-8-25-14)11-5-4-6-13(9-11)20(22)23/h4-6,9,12H,7-8,10H2,1-3H3,(H-,18,19,21,22,23)/p+1/t12-,17-/m0/s1. The number of hydrogen-bond acceptors (Lipinski definition) is 5. The van der Waals surface area contributed by atoms with E-state index in [1.54, 1.807) is 18.2 Å². The molecule has 0 spiro atoms. The molecule has 1 fully saturated rings. The van der Waals surface area contributed by atoms with Crippen LogP contribution in [0.3, 0.4) is 0 Å². The number of nitrogens with one attached hydrogen (secondary N) is 1. The molecule has 0 saturated heterocycles.